The summed E-state index contributed by atoms with van der Waals surface area (Å²) in [5, 5.41) is 2.87. The highest BCUT2D eigenvalue weighted by atomic mass is 16.5. The van der Waals surface area contributed by atoms with Gasteiger partial charge in [0.15, 0.2) is 0 Å². The van der Waals surface area contributed by atoms with Crippen molar-refractivity contribution < 1.29 is 9.53 Å². The molecule has 0 spiro atoms. The summed E-state index contributed by atoms with van der Waals surface area (Å²) in [6.45, 7) is 8.06. The van der Waals surface area contributed by atoms with Crippen molar-refractivity contribution in [3.8, 4) is 11.5 Å². The van der Waals surface area contributed by atoms with Gasteiger partial charge in [0, 0.05) is 17.7 Å². The molecule has 0 radical (unpaired) electrons. The summed E-state index contributed by atoms with van der Waals surface area (Å²) < 4.78 is 5.84. The standard InChI is InChI=1S/C19H23NO2/c1-13(2)15-8-10-17(11-9-15)22-18-7-5-6-16(12-18)20-19(21)14(3)4/h5-14H,1-4H3,(H,20,21). The number of hydrogen-bond donors (Lipinski definition) is 1. The third-order valence-corrected chi connectivity index (χ3v) is 3.41. The lowest BCUT2D eigenvalue weighted by Crippen LogP contribution is -2.17. The SMILES string of the molecule is CC(C)C(=O)Nc1cccc(Oc2ccc(C(C)C)cc2)c1. The van der Waals surface area contributed by atoms with Gasteiger partial charge in [0.05, 0.1) is 0 Å². The summed E-state index contributed by atoms with van der Waals surface area (Å²) in [5.74, 6) is 1.95. The Morgan fingerprint density at radius 1 is 0.955 bits per heavy atom. The topological polar surface area (TPSA) is 38.3 Å². The molecule has 0 saturated heterocycles. The van der Waals surface area contributed by atoms with E-state index in [0.717, 1.165) is 11.4 Å². The summed E-state index contributed by atoms with van der Waals surface area (Å²) in [7, 11) is 0. The van der Waals surface area contributed by atoms with Crippen LogP contribution in [-0.4, -0.2) is 5.91 Å². The lowest BCUT2D eigenvalue weighted by atomic mass is 10.0. The highest BCUT2D eigenvalue weighted by Gasteiger charge is 2.08. The number of amides is 1. The van der Waals surface area contributed by atoms with Crippen molar-refractivity contribution in [2.45, 2.75) is 33.6 Å². The molecule has 0 saturated carbocycles. The number of hydrogen-bond acceptors (Lipinski definition) is 2. The summed E-state index contributed by atoms with van der Waals surface area (Å²) >= 11 is 0. The number of nitrogens with one attached hydrogen (secondary N) is 1. The van der Waals surface area contributed by atoms with E-state index in [2.05, 4.69) is 31.3 Å². The van der Waals surface area contributed by atoms with Gasteiger partial charge in [-0.3, -0.25) is 4.79 Å². The molecule has 0 aliphatic rings. The molecule has 0 aliphatic carbocycles. The number of ether oxygens (including phenoxy) is 1. The van der Waals surface area contributed by atoms with Crippen LogP contribution in [0.15, 0.2) is 48.5 Å². The van der Waals surface area contributed by atoms with Crippen molar-refractivity contribution in [1.29, 1.82) is 0 Å². The van der Waals surface area contributed by atoms with E-state index in [4.69, 9.17) is 4.74 Å². The minimum atomic E-state index is -0.0480. The van der Waals surface area contributed by atoms with Crippen molar-refractivity contribution in [3.05, 3.63) is 54.1 Å². The molecule has 0 unspecified atom stereocenters. The number of carbonyl (C=O) groups excluding carboxylic acids is 1. The summed E-state index contributed by atoms with van der Waals surface area (Å²) in [5.41, 5.74) is 2.03. The maximum Gasteiger partial charge on any atom is 0.226 e. The molecular formula is C19H23NO2. The van der Waals surface area contributed by atoms with E-state index in [1.54, 1.807) is 0 Å². The highest BCUT2D eigenvalue weighted by Crippen LogP contribution is 2.26. The molecule has 0 aromatic heterocycles. The van der Waals surface area contributed by atoms with Crippen molar-refractivity contribution in [1.82, 2.24) is 0 Å². The summed E-state index contributed by atoms with van der Waals surface area (Å²) in [6.07, 6.45) is 0. The van der Waals surface area contributed by atoms with Gasteiger partial charge >= 0.3 is 0 Å². The number of benzene rings is 2. The number of anilines is 1. The van der Waals surface area contributed by atoms with Crippen LogP contribution in [0.4, 0.5) is 5.69 Å². The third-order valence-electron chi connectivity index (χ3n) is 3.41. The van der Waals surface area contributed by atoms with Crippen LogP contribution < -0.4 is 10.1 Å². The van der Waals surface area contributed by atoms with Crippen LogP contribution in [0.5, 0.6) is 11.5 Å². The summed E-state index contributed by atoms with van der Waals surface area (Å²) in [6, 6.07) is 15.5. The Morgan fingerprint density at radius 2 is 1.64 bits per heavy atom. The Morgan fingerprint density at radius 3 is 2.23 bits per heavy atom. The lowest BCUT2D eigenvalue weighted by molar-refractivity contribution is -0.118. The smallest absolute Gasteiger partial charge is 0.226 e. The molecule has 116 valence electrons. The molecule has 3 nitrogen and oxygen atoms in total. The van der Waals surface area contributed by atoms with E-state index in [1.807, 2.05) is 50.2 Å². The molecule has 22 heavy (non-hydrogen) atoms. The maximum absolute atomic E-state index is 11.7. The average Bonchev–Trinajstić information content (AvgIpc) is 2.48. The molecule has 1 N–H and O–H groups in total. The molecule has 0 bridgehead atoms. The van der Waals surface area contributed by atoms with E-state index >= 15 is 0 Å². The van der Waals surface area contributed by atoms with Crippen molar-refractivity contribution in [2.24, 2.45) is 5.92 Å². The fraction of sp³-hybridized carbons (Fsp3) is 0.316. The zero-order valence-electron chi connectivity index (χ0n) is 13.6. The molecular weight excluding hydrogens is 274 g/mol. The van der Waals surface area contributed by atoms with Gasteiger partial charge in [0.1, 0.15) is 11.5 Å². The number of rotatable bonds is 5. The van der Waals surface area contributed by atoms with Crippen molar-refractivity contribution in [3.63, 3.8) is 0 Å². The summed E-state index contributed by atoms with van der Waals surface area (Å²) in [4.78, 5) is 11.7. The van der Waals surface area contributed by atoms with Crippen LogP contribution in [0.2, 0.25) is 0 Å². The predicted octanol–water partition coefficient (Wildman–Crippen LogP) is 5.20. The molecule has 0 aliphatic heterocycles. The number of carbonyl (C=O) groups is 1. The maximum atomic E-state index is 11.7. The highest BCUT2D eigenvalue weighted by molar-refractivity contribution is 5.92. The lowest BCUT2D eigenvalue weighted by Gasteiger charge is -2.11. The second-order valence-electron chi connectivity index (χ2n) is 6.00. The Labute approximate surface area is 132 Å². The first-order chi connectivity index (χ1) is 10.5. The van der Waals surface area contributed by atoms with Gasteiger partial charge in [-0.05, 0) is 35.7 Å². The van der Waals surface area contributed by atoms with Crippen LogP contribution in [0, 0.1) is 5.92 Å². The van der Waals surface area contributed by atoms with Crippen LogP contribution in [0.1, 0.15) is 39.2 Å². The second kappa shape index (κ2) is 7.12. The average molecular weight is 297 g/mol. The van der Waals surface area contributed by atoms with E-state index in [9.17, 15) is 4.79 Å². The first-order valence-electron chi connectivity index (χ1n) is 7.64. The molecule has 2 aromatic rings. The van der Waals surface area contributed by atoms with Gasteiger partial charge in [-0.1, -0.05) is 45.9 Å². The predicted molar refractivity (Wildman–Crippen MR) is 90.5 cm³/mol. The third kappa shape index (κ3) is 4.35. The monoisotopic (exact) mass is 297 g/mol. The van der Waals surface area contributed by atoms with E-state index in [1.165, 1.54) is 5.56 Å². The van der Waals surface area contributed by atoms with Gasteiger partial charge in [0.25, 0.3) is 0 Å². The molecule has 2 rings (SSSR count). The van der Waals surface area contributed by atoms with Gasteiger partial charge in [-0.15, -0.1) is 0 Å². The van der Waals surface area contributed by atoms with Crippen molar-refractivity contribution in [2.75, 3.05) is 5.32 Å². The first kappa shape index (κ1) is 16.1. The van der Waals surface area contributed by atoms with E-state index < -0.39 is 0 Å². The zero-order chi connectivity index (χ0) is 16.1. The fourth-order valence-electron chi connectivity index (χ4n) is 1.98. The fourth-order valence-corrected chi connectivity index (χ4v) is 1.98. The van der Waals surface area contributed by atoms with Crippen LogP contribution in [0.25, 0.3) is 0 Å². The van der Waals surface area contributed by atoms with Gasteiger partial charge < -0.3 is 10.1 Å². The Bertz CT molecular complexity index is 630. The molecule has 0 heterocycles. The molecule has 0 atom stereocenters. The Balaban J connectivity index is 2.08. The Kier molecular flexibility index (Phi) is 5.21. The van der Waals surface area contributed by atoms with Gasteiger partial charge in [0.2, 0.25) is 5.91 Å². The van der Waals surface area contributed by atoms with Crippen molar-refractivity contribution >= 4 is 11.6 Å². The second-order valence-corrected chi connectivity index (χ2v) is 6.00. The molecule has 0 fully saturated rings. The normalized spacial score (nSPS) is 10.8. The molecule has 3 heteroatoms. The first-order valence-corrected chi connectivity index (χ1v) is 7.64. The Hall–Kier alpha value is -2.29. The largest absolute Gasteiger partial charge is 0.457 e. The van der Waals surface area contributed by atoms with Crippen LogP contribution in [-0.2, 0) is 4.79 Å². The zero-order valence-corrected chi connectivity index (χ0v) is 13.6. The quantitative estimate of drug-likeness (QED) is 0.824. The minimum absolute atomic E-state index is 0.00145. The van der Waals surface area contributed by atoms with Gasteiger partial charge in [-0.2, -0.15) is 0 Å². The van der Waals surface area contributed by atoms with Crippen LogP contribution >= 0.6 is 0 Å². The molecule has 2 aromatic carbocycles. The van der Waals surface area contributed by atoms with Crippen LogP contribution in [0.3, 0.4) is 0 Å². The van der Waals surface area contributed by atoms with E-state index in [0.29, 0.717) is 11.7 Å². The van der Waals surface area contributed by atoms with Gasteiger partial charge in [-0.25, -0.2) is 0 Å². The minimum Gasteiger partial charge on any atom is -0.457 e. The molecule has 1 amide bonds. The van der Waals surface area contributed by atoms with E-state index in [-0.39, 0.29) is 11.8 Å².